The summed E-state index contributed by atoms with van der Waals surface area (Å²) in [5.74, 6) is 1.16. The van der Waals surface area contributed by atoms with Gasteiger partial charge in [0.15, 0.2) is 11.5 Å². The van der Waals surface area contributed by atoms with Crippen LogP contribution in [0.3, 0.4) is 0 Å². The number of likely N-dealkylation sites (tertiary alicyclic amines) is 1. The molecule has 0 aromatic heterocycles. The summed E-state index contributed by atoms with van der Waals surface area (Å²) in [5.41, 5.74) is 2.30. The summed E-state index contributed by atoms with van der Waals surface area (Å²) in [5, 5.41) is 3.07. The second-order valence-corrected chi connectivity index (χ2v) is 7.55. The molecule has 152 valence electrons. The Hall–Kier alpha value is -3.22. The Bertz CT molecular complexity index is 903. The molecule has 1 N–H and O–H groups in total. The molecule has 2 aromatic rings. The van der Waals surface area contributed by atoms with Gasteiger partial charge in [0.25, 0.3) is 11.8 Å². The molecule has 0 spiro atoms. The van der Waals surface area contributed by atoms with Crippen LogP contribution in [-0.2, 0) is 0 Å². The summed E-state index contributed by atoms with van der Waals surface area (Å²) in [6, 6.07) is 12.9. The number of nitrogens with zero attached hydrogens (tertiary/aromatic N) is 2. The summed E-state index contributed by atoms with van der Waals surface area (Å²) in [7, 11) is 3.94. The molecule has 29 heavy (non-hydrogen) atoms. The van der Waals surface area contributed by atoms with Gasteiger partial charge in [0.1, 0.15) is 0 Å². The van der Waals surface area contributed by atoms with Crippen molar-refractivity contribution >= 4 is 17.5 Å². The first-order valence-electron chi connectivity index (χ1n) is 9.78. The van der Waals surface area contributed by atoms with Crippen LogP contribution in [0.25, 0.3) is 0 Å². The van der Waals surface area contributed by atoms with Crippen molar-refractivity contribution < 1.29 is 19.1 Å². The Kier molecular flexibility index (Phi) is 5.29. The van der Waals surface area contributed by atoms with Gasteiger partial charge in [-0.3, -0.25) is 9.59 Å². The molecule has 0 unspecified atom stereocenters. The van der Waals surface area contributed by atoms with Gasteiger partial charge in [-0.2, -0.15) is 0 Å². The highest BCUT2D eigenvalue weighted by atomic mass is 16.7. The van der Waals surface area contributed by atoms with E-state index in [1.165, 1.54) is 0 Å². The number of carbonyl (C=O) groups excluding carboxylic acids is 2. The molecule has 1 saturated heterocycles. The normalized spacial score (nSPS) is 15.9. The van der Waals surface area contributed by atoms with Crippen molar-refractivity contribution in [3.63, 3.8) is 0 Å². The van der Waals surface area contributed by atoms with Crippen molar-refractivity contribution in [3.8, 4) is 11.5 Å². The molecule has 7 heteroatoms. The fraction of sp³-hybridized carbons (Fsp3) is 0.364. The molecule has 0 saturated carbocycles. The van der Waals surface area contributed by atoms with Crippen LogP contribution in [0.2, 0.25) is 0 Å². The Balaban J connectivity index is 1.31. The lowest BCUT2D eigenvalue weighted by atomic mass is 10.0. The monoisotopic (exact) mass is 395 g/mol. The number of hydrogen-bond acceptors (Lipinski definition) is 5. The summed E-state index contributed by atoms with van der Waals surface area (Å²) >= 11 is 0. The van der Waals surface area contributed by atoms with Crippen LogP contribution in [-0.4, -0.2) is 56.7 Å². The van der Waals surface area contributed by atoms with Gasteiger partial charge in [0.2, 0.25) is 6.79 Å². The van der Waals surface area contributed by atoms with Gasteiger partial charge in [-0.25, -0.2) is 0 Å². The minimum absolute atomic E-state index is 0.0378. The van der Waals surface area contributed by atoms with E-state index in [1.54, 1.807) is 18.2 Å². The smallest absolute Gasteiger partial charge is 0.253 e. The van der Waals surface area contributed by atoms with E-state index in [-0.39, 0.29) is 24.6 Å². The van der Waals surface area contributed by atoms with Crippen LogP contribution in [0.15, 0.2) is 42.5 Å². The first kappa shape index (κ1) is 19.1. The van der Waals surface area contributed by atoms with Crippen LogP contribution in [0.1, 0.15) is 33.6 Å². The van der Waals surface area contributed by atoms with Gasteiger partial charge < -0.3 is 24.6 Å². The number of amides is 2. The molecule has 7 nitrogen and oxygen atoms in total. The van der Waals surface area contributed by atoms with Crippen LogP contribution < -0.4 is 19.7 Å². The van der Waals surface area contributed by atoms with E-state index in [9.17, 15) is 9.59 Å². The van der Waals surface area contributed by atoms with Gasteiger partial charge in [-0.05, 0) is 55.3 Å². The maximum atomic E-state index is 12.7. The fourth-order valence-electron chi connectivity index (χ4n) is 3.62. The van der Waals surface area contributed by atoms with E-state index in [1.807, 2.05) is 48.2 Å². The molecule has 1 fully saturated rings. The molecule has 0 atom stereocenters. The van der Waals surface area contributed by atoms with Crippen molar-refractivity contribution in [2.75, 3.05) is 38.9 Å². The average Bonchev–Trinajstić information content (AvgIpc) is 3.21. The molecular weight excluding hydrogens is 370 g/mol. The Morgan fingerprint density at radius 1 is 0.966 bits per heavy atom. The number of carbonyl (C=O) groups is 2. The number of benzene rings is 2. The molecular formula is C22H25N3O4. The Morgan fingerprint density at radius 3 is 2.31 bits per heavy atom. The minimum Gasteiger partial charge on any atom is -0.454 e. The zero-order valence-electron chi connectivity index (χ0n) is 16.7. The predicted molar refractivity (Wildman–Crippen MR) is 110 cm³/mol. The zero-order chi connectivity index (χ0) is 20.4. The largest absolute Gasteiger partial charge is 0.454 e. The van der Waals surface area contributed by atoms with Crippen LogP contribution in [0.5, 0.6) is 11.5 Å². The fourth-order valence-corrected chi connectivity index (χ4v) is 3.62. The highest BCUT2D eigenvalue weighted by Crippen LogP contribution is 2.32. The Labute approximate surface area is 170 Å². The minimum atomic E-state index is -0.132. The van der Waals surface area contributed by atoms with E-state index in [0.717, 1.165) is 18.5 Å². The molecule has 2 amide bonds. The summed E-state index contributed by atoms with van der Waals surface area (Å²) < 4.78 is 10.6. The summed E-state index contributed by atoms with van der Waals surface area (Å²) in [6.45, 7) is 1.44. The van der Waals surface area contributed by atoms with Gasteiger partial charge >= 0.3 is 0 Å². The summed E-state index contributed by atoms with van der Waals surface area (Å²) in [4.78, 5) is 29.1. The van der Waals surface area contributed by atoms with Gasteiger partial charge in [-0.1, -0.05) is 0 Å². The third kappa shape index (κ3) is 4.13. The van der Waals surface area contributed by atoms with Crippen LogP contribution in [0.4, 0.5) is 5.69 Å². The maximum Gasteiger partial charge on any atom is 0.253 e. The number of anilines is 1. The molecule has 0 bridgehead atoms. The highest BCUT2D eigenvalue weighted by Gasteiger charge is 2.25. The van der Waals surface area contributed by atoms with E-state index in [2.05, 4.69) is 5.32 Å². The lowest BCUT2D eigenvalue weighted by Crippen LogP contribution is -2.46. The van der Waals surface area contributed by atoms with Crippen molar-refractivity contribution in [2.45, 2.75) is 18.9 Å². The van der Waals surface area contributed by atoms with Crippen molar-refractivity contribution in [2.24, 2.45) is 0 Å². The predicted octanol–water partition coefficient (Wildman–Crippen LogP) is 2.52. The number of nitrogens with one attached hydrogen (secondary N) is 1. The molecule has 2 aromatic carbocycles. The molecule has 2 aliphatic heterocycles. The lowest BCUT2D eigenvalue weighted by molar-refractivity contribution is 0.0698. The quantitative estimate of drug-likeness (QED) is 0.861. The average molecular weight is 395 g/mol. The van der Waals surface area contributed by atoms with Crippen molar-refractivity contribution in [1.29, 1.82) is 0 Å². The first-order chi connectivity index (χ1) is 14.0. The molecule has 2 heterocycles. The number of rotatable bonds is 4. The Morgan fingerprint density at radius 2 is 1.62 bits per heavy atom. The van der Waals surface area contributed by atoms with Gasteiger partial charge in [0, 0.05) is 50.0 Å². The van der Waals surface area contributed by atoms with Crippen LogP contribution >= 0.6 is 0 Å². The topological polar surface area (TPSA) is 71.1 Å². The number of ether oxygens (including phenoxy) is 2. The van der Waals surface area contributed by atoms with Gasteiger partial charge in [0.05, 0.1) is 0 Å². The zero-order valence-corrected chi connectivity index (χ0v) is 16.7. The summed E-state index contributed by atoms with van der Waals surface area (Å²) in [6.07, 6.45) is 1.47. The third-order valence-corrected chi connectivity index (χ3v) is 5.38. The number of piperidine rings is 1. The standard InChI is InChI=1S/C22H25N3O4/c1-24(2)18-6-3-15(4-7-18)22(27)25-11-9-17(10-12-25)23-21(26)16-5-8-19-20(13-16)29-14-28-19/h3-8,13,17H,9-12,14H2,1-2H3,(H,23,26). The first-order valence-corrected chi connectivity index (χ1v) is 9.78. The second-order valence-electron chi connectivity index (χ2n) is 7.55. The third-order valence-electron chi connectivity index (χ3n) is 5.38. The van der Waals surface area contributed by atoms with E-state index < -0.39 is 0 Å². The lowest BCUT2D eigenvalue weighted by Gasteiger charge is -2.32. The van der Waals surface area contributed by atoms with E-state index in [0.29, 0.717) is 35.7 Å². The number of fused-ring (bicyclic) bond motifs is 1. The van der Waals surface area contributed by atoms with E-state index >= 15 is 0 Å². The SMILES string of the molecule is CN(C)c1ccc(C(=O)N2CCC(NC(=O)c3ccc4c(c3)OCO4)CC2)cc1. The van der Waals surface area contributed by atoms with Gasteiger partial charge in [-0.15, -0.1) is 0 Å². The maximum absolute atomic E-state index is 12.7. The highest BCUT2D eigenvalue weighted by molar-refractivity contribution is 5.95. The van der Waals surface area contributed by atoms with E-state index in [4.69, 9.17) is 9.47 Å². The second kappa shape index (κ2) is 8.03. The number of hydrogen-bond donors (Lipinski definition) is 1. The molecule has 0 aliphatic carbocycles. The molecule has 4 rings (SSSR count). The van der Waals surface area contributed by atoms with Crippen molar-refractivity contribution in [1.82, 2.24) is 10.2 Å². The molecule has 2 aliphatic rings. The van der Waals surface area contributed by atoms with Crippen LogP contribution in [0, 0.1) is 0 Å². The molecule has 0 radical (unpaired) electrons. The van der Waals surface area contributed by atoms with Crippen molar-refractivity contribution in [3.05, 3.63) is 53.6 Å².